The maximum absolute atomic E-state index is 5.78. The average molecular weight is 291 g/mol. The molecule has 88 valence electrons. The van der Waals surface area contributed by atoms with E-state index < -0.39 is 0 Å². The van der Waals surface area contributed by atoms with Gasteiger partial charge < -0.3 is 10.6 Å². The van der Waals surface area contributed by atoms with Gasteiger partial charge in [0.2, 0.25) is 0 Å². The van der Waals surface area contributed by atoms with Crippen molar-refractivity contribution < 1.29 is 0 Å². The molecule has 17 heavy (non-hydrogen) atoms. The van der Waals surface area contributed by atoms with Crippen LogP contribution in [0.5, 0.6) is 0 Å². The fourth-order valence-electron chi connectivity index (χ4n) is 1.72. The minimum absolute atomic E-state index is 0.796. The van der Waals surface area contributed by atoms with E-state index in [0.717, 1.165) is 22.4 Å². The predicted molar refractivity (Wildman–Crippen MR) is 77.1 cm³/mol. The van der Waals surface area contributed by atoms with Crippen molar-refractivity contribution in [3.8, 4) is 0 Å². The zero-order valence-corrected chi connectivity index (χ0v) is 11.3. The summed E-state index contributed by atoms with van der Waals surface area (Å²) in [5.41, 5.74) is 8.98. The lowest BCUT2D eigenvalue weighted by Crippen LogP contribution is -2.16. The van der Waals surface area contributed by atoms with Gasteiger partial charge in [-0.05, 0) is 35.9 Å². The Kier molecular flexibility index (Phi) is 3.69. The highest BCUT2D eigenvalue weighted by molar-refractivity contribution is 9.10. The van der Waals surface area contributed by atoms with E-state index in [1.54, 1.807) is 0 Å². The Balaban J connectivity index is 2.11. The molecule has 0 aliphatic carbocycles. The first-order valence-corrected chi connectivity index (χ1v) is 6.25. The van der Waals surface area contributed by atoms with Crippen LogP contribution >= 0.6 is 15.9 Å². The largest absolute Gasteiger partial charge is 0.399 e. The lowest BCUT2D eigenvalue weighted by molar-refractivity contribution is 0.923. The molecule has 0 atom stereocenters. The molecule has 2 nitrogen and oxygen atoms in total. The summed E-state index contributed by atoms with van der Waals surface area (Å²) in [6, 6.07) is 16.3. The van der Waals surface area contributed by atoms with Gasteiger partial charge >= 0.3 is 0 Å². The average Bonchev–Trinajstić information content (AvgIpc) is 2.32. The standard InChI is InChI=1S/C14H15BrN2/c1-17(14-4-2-3-13(16)9-14)10-11-5-7-12(15)8-6-11/h2-9H,10,16H2,1H3. The zero-order chi connectivity index (χ0) is 12.3. The molecule has 0 bridgehead atoms. The predicted octanol–water partition coefficient (Wildman–Crippen LogP) is 3.67. The van der Waals surface area contributed by atoms with E-state index in [-0.39, 0.29) is 0 Å². The molecule has 0 aliphatic heterocycles. The summed E-state index contributed by atoms with van der Waals surface area (Å²) >= 11 is 3.44. The monoisotopic (exact) mass is 290 g/mol. The Labute approximate surface area is 110 Å². The van der Waals surface area contributed by atoms with Crippen molar-refractivity contribution in [1.29, 1.82) is 0 Å². The highest BCUT2D eigenvalue weighted by Crippen LogP contribution is 2.19. The lowest BCUT2D eigenvalue weighted by atomic mass is 10.2. The molecule has 0 saturated heterocycles. The number of nitrogens with zero attached hydrogens (tertiary/aromatic N) is 1. The van der Waals surface area contributed by atoms with Gasteiger partial charge in [0.05, 0.1) is 0 Å². The number of hydrogen-bond donors (Lipinski definition) is 1. The molecule has 0 heterocycles. The smallest absolute Gasteiger partial charge is 0.0426 e. The molecule has 2 rings (SSSR count). The van der Waals surface area contributed by atoms with E-state index in [1.165, 1.54) is 5.56 Å². The molecule has 3 heteroatoms. The Morgan fingerprint density at radius 1 is 1.12 bits per heavy atom. The number of halogens is 1. The summed E-state index contributed by atoms with van der Waals surface area (Å²) in [6.45, 7) is 0.872. The van der Waals surface area contributed by atoms with E-state index in [4.69, 9.17) is 5.73 Å². The van der Waals surface area contributed by atoms with E-state index in [0.29, 0.717) is 0 Å². The topological polar surface area (TPSA) is 29.3 Å². The van der Waals surface area contributed by atoms with Crippen LogP contribution in [0.15, 0.2) is 53.0 Å². The maximum atomic E-state index is 5.78. The number of nitrogen functional groups attached to an aromatic ring is 1. The second-order valence-corrected chi connectivity index (χ2v) is 4.99. The highest BCUT2D eigenvalue weighted by Gasteiger charge is 2.02. The van der Waals surface area contributed by atoms with Gasteiger partial charge in [0.15, 0.2) is 0 Å². The number of hydrogen-bond acceptors (Lipinski definition) is 2. The van der Waals surface area contributed by atoms with Crippen LogP contribution in [0, 0.1) is 0 Å². The van der Waals surface area contributed by atoms with Crippen LogP contribution in [0.25, 0.3) is 0 Å². The summed E-state index contributed by atoms with van der Waals surface area (Å²) in [5, 5.41) is 0. The van der Waals surface area contributed by atoms with Crippen molar-refractivity contribution in [2.45, 2.75) is 6.54 Å². The van der Waals surface area contributed by atoms with Gasteiger partial charge in [-0.25, -0.2) is 0 Å². The SMILES string of the molecule is CN(Cc1ccc(Br)cc1)c1cccc(N)c1. The Bertz CT molecular complexity index is 494. The fourth-order valence-corrected chi connectivity index (χ4v) is 1.98. The number of rotatable bonds is 3. The third-order valence-corrected chi connectivity index (χ3v) is 3.17. The van der Waals surface area contributed by atoms with Crippen molar-refractivity contribution in [2.24, 2.45) is 0 Å². The van der Waals surface area contributed by atoms with Gasteiger partial charge in [0, 0.05) is 29.4 Å². The first-order valence-electron chi connectivity index (χ1n) is 5.46. The molecular formula is C14H15BrN2. The van der Waals surface area contributed by atoms with Crippen molar-refractivity contribution in [1.82, 2.24) is 0 Å². The molecule has 0 aromatic heterocycles. The van der Waals surface area contributed by atoms with Gasteiger partial charge in [-0.15, -0.1) is 0 Å². The summed E-state index contributed by atoms with van der Waals surface area (Å²) in [7, 11) is 2.07. The van der Waals surface area contributed by atoms with Crippen LogP contribution in [-0.2, 0) is 6.54 Å². The molecule has 0 fully saturated rings. The normalized spacial score (nSPS) is 10.2. The Morgan fingerprint density at radius 3 is 2.47 bits per heavy atom. The van der Waals surface area contributed by atoms with Gasteiger partial charge in [0.1, 0.15) is 0 Å². The van der Waals surface area contributed by atoms with Crippen LogP contribution in [0.2, 0.25) is 0 Å². The molecule has 2 aromatic carbocycles. The molecule has 0 aliphatic rings. The molecule has 0 saturated carbocycles. The van der Waals surface area contributed by atoms with E-state index >= 15 is 0 Å². The first kappa shape index (κ1) is 12.0. The Morgan fingerprint density at radius 2 is 1.82 bits per heavy atom. The molecule has 2 aromatic rings. The number of benzene rings is 2. The minimum atomic E-state index is 0.796. The van der Waals surface area contributed by atoms with Crippen LogP contribution in [0.3, 0.4) is 0 Å². The molecule has 0 unspecified atom stereocenters. The van der Waals surface area contributed by atoms with Crippen LogP contribution < -0.4 is 10.6 Å². The number of nitrogens with two attached hydrogens (primary N) is 1. The Hall–Kier alpha value is -1.48. The molecule has 0 amide bonds. The van der Waals surface area contributed by atoms with Gasteiger partial charge in [-0.1, -0.05) is 34.1 Å². The fraction of sp³-hybridized carbons (Fsp3) is 0.143. The first-order chi connectivity index (χ1) is 8.15. The van der Waals surface area contributed by atoms with Gasteiger partial charge in [0.25, 0.3) is 0 Å². The van der Waals surface area contributed by atoms with Gasteiger partial charge in [-0.2, -0.15) is 0 Å². The second-order valence-electron chi connectivity index (χ2n) is 4.08. The summed E-state index contributed by atoms with van der Waals surface area (Å²) < 4.78 is 1.10. The number of anilines is 2. The van der Waals surface area contributed by atoms with Crippen LogP contribution in [0.1, 0.15) is 5.56 Å². The molecule has 0 spiro atoms. The zero-order valence-electron chi connectivity index (χ0n) is 9.73. The molecular weight excluding hydrogens is 276 g/mol. The lowest BCUT2D eigenvalue weighted by Gasteiger charge is -2.19. The quantitative estimate of drug-likeness (QED) is 0.874. The van der Waals surface area contributed by atoms with Crippen molar-refractivity contribution >= 4 is 27.3 Å². The van der Waals surface area contributed by atoms with Crippen molar-refractivity contribution in [3.05, 3.63) is 58.6 Å². The van der Waals surface area contributed by atoms with Crippen molar-refractivity contribution in [2.75, 3.05) is 17.7 Å². The minimum Gasteiger partial charge on any atom is -0.399 e. The summed E-state index contributed by atoms with van der Waals surface area (Å²) in [4.78, 5) is 2.18. The van der Waals surface area contributed by atoms with Gasteiger partial charge in [-0.3, -0.25) is 0 Å². The molecule has 0 radical (unpaired) electrons. The summed E-state index contributed by atoms with van der Waals surface area (Å²) in [6.07, 6.45) is 0. The third-order valence-electron chi connectivity index (χ3n) is 2.64. The second kappa shape index (κ2) is 5.23. The maximum Gasteiger partial charge on any atom is 0.0426 e. The highest BCUT2D eigenvalue weighted by atomic mass is 79.9. The van der Waals surface area contributed by atoms with E-state index in [2.05, 4.69) is 58.2 Å². The third kappa shape index (κ3) is 3.24. The summed E-state index contributed by atoms with van der Waals surface area (Å²) in [5.74, 6) is 0. The van der Waals surface area contributed by atoms with Crippen LogP contribution in [0.4, 0.5) is 11.4 Å². The van der Waals surface area contributed by atoms with E-state index in [9.17, 15) is 0 Å². The van der Waals surface area contributed by atoms with E-state index in [1.807, 2.05) is 18.2 Å². The molecule has 2 N–H and O–H groups in total. The van der Waals surface area contributed by atoms with Crippen molar-refractivity contribution in [3.63, 3.8) is 0 Å². The van der Waals surface area contributed by atoms with Crippen LogP contribution in [-0.4, -0.2) is 7.05 Å².